The molecule has 0 aliphatic carbocycles. The van der Waals surface area contributed by atoms with Crippen molar-refractivity contribution in [2.45, 2.75) is 66.1 Å². The molecule has 1 aliphatic rings. The second kappa shape index (κ2) is 8.46. The van der Waals surface area contributed by atoms with E-state index in [-0.39, 0.29) is 6.61 Å². The molecule has 0 N–H and O–H groups in total. The summed E-state index contributed by atoms with van der Waals surface area (Å²) in [5.74, 6) is -40.8. The van der Waals surface area contributed by atoms with Gasteiger partial charge in [0.05, 0.1) is 0 Å². The molecule has 0 aromatic rings. The summed E-state index contributed by atoms with van der Waals surface area (Å²) >= 11 is 0.616. The number of hydrogen-bond donors (Lipinski definition) is 0. The van der Waals surface area contributed by atoms with E-state index in [0.29, 0.717) is 22.6 Å². The van der Waals surface area contributed by atoms with Gasteiger partial charge in [0.25, 0.3) is 0 Å². The van der Waals surface area contributed by atoms with Gasteiger partial charge in [0.2, 0.25) is 6.10 Å². The number of rotatable bonds is 8. The summed E-state index contributed by atoms with van der Waals surface area (Å²) in [4.78, 5) is 23.3. The average Bonchev–Trinajstić information content (AvgIpc) is 2.86. The Morgan fingerprint density at radius 3 is 1.73 bits per heavy atom. The summed E-state index contributed by atoms with van der Waals surface area (Å²) in [5.41, 5.74) is -1.24. The lowest BCUT2D eigenvalue weighted by atomic mass is 9.89. The first-order valence-corrected chi connectivity index (χ1v) is 9.49. The van der Waals surface area contributed by atoms with E-state index in [1.54, 1.807) is 0 Å². The summed E-state index contributed by atoms with van der Waals surface area (Å²) in [6.45, 7) is 2.23. The van der Waals surface area contributed by atoms with Gasteiger partial charge in [-0.15, -0.1) is 0 Å². The van der Waals surface area contributed by atoms with Gasteiger partial charge in [0.1, 0.15) is 10.5 Å². The van der Waals surface area contributed by atoms with Gasteiger partial charge < -0.3 is 9.47 Å². The number of carbonyl (C=O) groups is 2. The Bertz CT molecular complexity index is 778. The second-order valence-electron chi connectivity index (χ2n) is 7.58. The highest BCUT2D eigenvalue weighted by Crippen LogP contribution is 2.61. The standard InChI is InChI=1S/C15H12F13IO4/c1-9(2)4-32-8(31)6(9)33-7(30)5(29)3-10(16,17)11(18,19)12(20,21)13(22,23)14(24,25)15(26,27)28/h5-6H,3-4H2,1-2H3. The molecule has 194 valence electrons. The summed E-state index contributed by atoms with van der Waals surface area (Å²) < 4.78 is 177. The Balaban J connectivity index is 3.19. The van der Waals surface area contributed by atoms with E-state index in [0.717, 1.165) is 0 Å². The molecule has 33 heavy (non-hydrogen) atoms. The van der Waals surface area contributed by atoms with Crippen molar-refractivity contribution in [2.75, 3.05) is 6.61 Å². The number of ether oxygens (including phenoxy) is 2. The molecule has 0 aromatic heterocycles. The Morgan fingerprint density at radius 1 is 0.939 bits per heavy atom. The minimum Gasteiger partial charge on any atom is -0.462 e. The molecule has 4 nitrogen and oxygen atoms in total. The minimum absolute atomic E-state index is 0.335. The van der Waals surface area contributed by atoms with Crippen LogP contribution >= 0.6 is 22.6 Å². The van der Waals surface area contributed by atoms with Crippen LogP contribution in [0.5, 0.6) is 0 Å². The maximum Gasteiger partial charge on any atom is 0.460 e. The number of halogens is 14. The van der Waals surface area contributed by atoms with Gasteiger partial charge in [0, 0.05) is 11.8 Å². The Morgan fingerprint density at radius 2 is 1.36 bits per heavy atom. The van der Waals surface area contributed by atoms with Crippen molar-refractivity contribution in [3.8, 4) is 0 Å². The highest BCUT2D eigenvalue weighted by molar-refractivity contribution is 14.1. The number of carbonyl (C=O) groups excluding carboxylic acids is 2. The highest BCUT2D eigenvalue weighted by atomic mass is 127. The minimum atomic E-state index is -8.02. The molecule has 1 fully saturated rings. The summed E-state index contributed by atoms with van der Waals surface area (Å²) in [6, 6.07) is 0. The lowest BCUT2D eigenvalue weighted by molar-refractivity contribution is -0.440. The van der Waals surface area contributed by atoms with Crippen LogP contribution in [0.3, 0.4) is 0 Å². The first-order valence-electron chi connectivity index (χ1n) is 8.25. The fourth-order valence-corrected chi connectivity index (χ4v) is 3.06. The molecular weight excluding hydrogens is 618 g/mol. The van der Waals surface area contributed by atoms with Gasteiger partial charge in [0.15, 0.2) is 0 Å². The molecular formula is C15H12F13IO4. The maximum absolute atomic E-state index is 13.9. The summed E-state index contributed by atoms with van der Waals surface area (Å²) in [6.07, 6.45) is -12.0. The van der Waals surface area contributed by atoms with Crippen molar-refractivity contribution in [2.24, 2.45) is 5.41 Å². The molecule has 1 saturated heterocycles. The summed E-state index contributed by atoms with van der Waals surface area (Å²) in [5, 5.41) is 0. The van der Waals surface area contributed by atoms with Crippen molar-refractivity contribution in [3.63, 3.8) is 0 Å². The van der Waals surface area contributed by atoms with Crippen LogP contribution in [-0.2, 0) is 19.1 Å². The normalized spacial score (nSPS) is 21.6. The van der Waals surface area contributed by atoms with Crippen molar-refractivity contribution < 1.29 is 76.1 Å². The predicted molar refractivity (Wildman–Crippen MR) is 87.8 cm³/mol. The third-order valence-corrected chi connectivity index (χ3v) is 5.38. The van der Waals surface area contributed by atoms with E-state index in [2.05, 4.69) is 9.47 Å². The molecule has 2 unspecified atom stereocenters. The zero-order valence-corrected chi connectivity index (χ0v) is 18.2. The summed E-state index contributed by atoms with van der Waals surface area (Å²) in [7, 11) is 0. The van der Waals surface area contributed by atoms with Gasteiger partial charge in [-0.25, -0.2) is 4.79 Å². The van der Waals surface area contributed by atoms with E-state index in [4.69, 9.17) is 0 Å². The van der Waals surface area contributed by atoms with Crippen LogP contribution in [0.4, 0.5) is 57.1 Å². The quantitative estimate of drug-likeness (QED) is 0.156. The Hall–Kier alpha value is -1.24. The van der Waals surface area contributed by atoms with Crippen LogP contribution in [0.1, 0.15) is 20.3 Å². The zero-order chi connectivity index (χ0) is 26.6. The number of esters is 2. The molecule has 0 aromatic carbocycles. The van der Waals surface area contributed by atoms with Crippen LogP contribution in [0.15, 0.2) is 0 Å². The molecule has 18 heteroatoms. The van der Waals surface area contributed by atoms with Crippen molar-refractivity contribution in [3.05, 3.63) is 0 Å². The first kappa shape index (κ1) is 29.8. The fourth-order valence-electron chi connectivity index (χ4n) is 2.36. The van der Waals surface area contributed by atoms with Gasteiger partial charge in [-0.1, -0.05) is 36.4 Å². The molecule has 0 saturated carbocycles. The topological polar surface area (TPSA) is 52.6 Å². The van der Waals surface area contributed by atoms with E-state index in [1.807, 2.05) is 0 Å². The molecule has 1 aliphatic heterocycles. The van der Waals surface area contributed by atoms with Gasteiger partial charge in [-0.05, 0) is 0 Å². The Labute approximate surface area is 189 Å². The van der Waals surface area contributed by atoms with Crippen molar-refractivity contribution in [1.29, 1.82) is 0 Å². The largest absolute Gasteiger partial charge is 0.462 e. The van der Waals surface area contributed by atoms with E-state index >= 15 is 0 Å². The lowest BCUT2D eigenvalue weighted by Crippen LogP contribution is -2.70. The highest BCUT2D eigenvalue weighted by Gasteiger charge is 2.90. The second-order valence-corrected chi connectivity index (χ2v) is 9.09. The number of cyclic esters (lactones) is 1. The number of hydrogen-bond acceptors (Lipinski definition) is 4. The molecule has 0 spiro atoms. The molecule has 2 atom stereocenters. The van der Waals surface area contributed by atoms with Gasteiger partial charge in [-0.3, -0.25) is 4.79 Å². The maximum atomic E-state index is 13.9. The van der Waals surface area contributed by atoms with Gasteiger partial charge in [-0.2, -0.15) is 57.1 Å². The zero-order valence-electron chi connectivity index (χ0n) is 16.0. The van der Waals surface area contributed by atoms with Crippen molar-refractivity contribution in [1.82, 2.24) is 0 Å². The van der Waals surface area contributed by atoms with E-state index in [1.165, 1.54) is 13.8 Å². The Kier molecular flexibility index (Phi) is 7.63. The van der Waals surface area contributed by atoms with E-state index < -0.39 is 69.6 Å². The van der Waals surface area contributed by atoms with Crippen LogP contribution < -0.4 is 0 Å². The van der Waals surface area contributed by atoms with Gasteiger partial charge >= 0.3 is 47.7 Å². The van der Waals surface area contributed by atoms with Crippen LogP contribution in [0, 0.1) is 5.41 Å². The fraction of sp³-hybridized carbons (Fsp3) is 0.867. The SMILES string of the molecule is CC1(C)COC(=O)C1OC(=O)C(I)CC(F)(F)C(F)(F)C(F)(F)C(F)(F)C(F)(F)C(F)(F)F. The average molecular weight is 630 g/mol. The van der Waals surface area contributed by atoms with Crippen LogP contribution in [0.25, 0.3) is 0 Å². The lowest BCUT2D eigenvalue weighted by Gasteiger charge is -2.40. The molecule has 0 bridgehead atoms. The third-order valence-electron chi connectivity index (χ3n) is 4.43. The molecule has 0 amide bonds. The van der Waals surface area contributed by atoms with Crippen LogP contribution in [0.2, 0.25) is 0 Å². The number of alkyl halides is 14. The molecule has 1 rings (SSSR count). The smallest absolute Gasteiger partial charge is 0.460 e. The van der Waals surface area contributed by atoms with Crippen LogP contribution in [-0.4, -0.2) is 64.4 Å². The third kappa shape index (κ3) is 4.81. The predicted octanol–water partition coefficient (Wildman–Crippen LogP) is 5.41. The first-order chi connectivity index (χ1) is 14.3. The van der Waals surface area contributed by atoms with E-state index in [9.17, 15) is 66.7 Å². The molecule has 0 radical (unpaired) electrons. The molecule has 1 heterocycles. The van der Waals surface area contributed by atoms with Crippen molar-refractivity contribution >= 4 is 34.5 Å². The monoisotopic (exact) mass is 630 g/mol.